The molecule has 116 valence electrons. The zero-order chi connectivity index (χ0) is 15.7. The summed E-state index contributed by atoms with van der Waals surface area (Å²) in [5.74, 6) is 0.812. The molecule has 0 amide bonds. The van der Waals surface area contributed by atoms with Gasteiger partial charge in [0.2, 0.25) is 0 Å². The van der Waals surface area contributed by atoms with Crippen molar-refractivity contribution in [2.24, 2.45) is 0 Å². The Morgan fingerprint density at radius 2 is 1.62 bits per heavy atom. The first-order valence-electron chi connectivity index (χ1n) is 6.99. The molecule has 0 bridgehead atoms. The summed E-state index contributed by atoms with van der Waals surface area (Å²) >= 11 is 6.25. The number of benzene rings is 1. The van der Waals surface area contributed by atoms with Gasteiger partial charge < -0.3 is 18.8 Å². The van der Waals surface area contributed by atoms with E-state index in [0.29, 0.717) is 6.61 Å². The summed E-state index contributed by atoms with van der Waals surface area (Å²) in [4.78, 5) is 0. The van der Waals surface area contributed by atoms with E-state index in [0.717, 1.165) is 11.3 Å². The van der Waals surface area contributed by atoms with Crippen molar-refractivity contribution in [2.75, 3.05) is 7.11 Å². The molecule has 0 radical (unpaired) electrons. The number of rotatable bonds is 5. The fourth-order valence-electron chi connectivity index (χ4n) is 1.97. The highest BCUT2D eigenvalue weighted by Gasteiger charge is 2.54. The number of alkyl halides is 1. The normalized spacial score (nSPS) is 21.3. The minimum atomic E-state index is -0.659. The molecular formula is C15H22BClO4. The highest BCUT2D eigenvalue weighted by Crippen LogP contribution is 2.38. The molecule has 0 aromatic heterocycles. The summed E-state index contributed by atoms with van der Waals surface area (Å²) in [6, 6.07) is 7.65. The fourth-order valence-corrected chi connectivity index (χ4v) is 2.14. The maximum Gasteiger partial charge on any atom is 0.505 e. The van der Waals surface area contributed by atoms with E-state index in [1.54, 1.807) is 7.11 Å². The lowest BCUT2D eigenvalue weighted by Crippen LogP contribution is -2.41. The highest BCUT2D eigenvalue weighted by atomic mass is 35.5. The lowest BCUT2D eigenvalue weighted by molar-refractivity contribution is 0.00578. The van der Waals surface area contributed by atoms with Crippen LogP contribution in [0, 0.1) is 0 Å². The van der Waals surface area contributed by atoms with E-state index in [1.165, 1.54) is 0 Å². The summed E-state index contributed by atoms with van der Waals surface area (Å²) in [5, 5.41) is 0. The molecule has 6 heteroatoms. The van der Waals surface area contributed by atoms with Gasteiger partial charge in [0, 0.05) is 0 Å². The largest absolute Gasteiger partial charge is 0.505 e. The third-order valence-electron chi connectivity index (χ3n) is 4.05. The molecule has 2 rings (SSSR count). The van der Waals surface area contributed by atoms with Crippen molar-refractivity contribution in [3.05, 3.63) is 29.8 Å². The molecule has 1 atom stereocenters. The molecule has 0 spiro atoms. The lowest BCUT2D eigenvalue weighted by atomic mass is 9.90. The van der Waals surface area contributed by atoms with E-state index in [4.69, 9.17) is 30.4 Å². The zero-order valence-electron chi connectivity index (χ0n) is 13.2. The molecule has 0 aliphatic carbocycles. The van der Waals surface area contributed by atoms with Crippen LogP contribution in [0.2, 0.25) is 0 Å². The van der Waals surface area contributed by atoms with Crippen LogP contribution in [0.25, 0.3) is 0 Å². The number of hydrogen-bond donors (Lipinski definition) is 0. The molecule has 21 heavy (non-hydrogen) atoms. The van der Waals surface area contributed by atoms with Crippen molar-refractivity contribution in [3.63, 3.8) is 0 Å². The van der Waals surface area contributed by atoms with Gasteiger partial charge in [0.25, 0.3) is 0 Å². The first kappa shape index (κ1) is 16.6. The third kappa shape index (κ3) is 3.72. The van der Waals surface area contributed by atoms with Gasteiger partial charge in [-0.1, -0.05) is 23.7 Å². The molecule has 0 unspecified atom stereocenters. The first-order valence-corrected chi connectivity index (χ1v) is 7.43. The smallest absolute Gasteiger partial charge is 0.497 e. The Kier molecular flexibility index (Phi) is 4.88. The van der Waals surface area contributed by atoms with Crippen LogP contribution in [0.4, 0.5) is 0 Å². The van der Waals surface area contributed by atoms with Gasteiger partial charge in [-0.05, 0) is 45.4 Å². The average molecular weight is 313 g/mol. The van der Waals surface area contributed by atoms with E-state index < -0.39 is 23.8 Å². The highest BCUT2D eigenvalue weighted by molar-refractivity contribution is 6.59. The number of methoxy groups -OCH3 is 1. The second-order valence-corrected chi connectivity index (χ2v) is 6.57. The molecule has 4 nitrogen and oxygen atoms in total. The average Bonchev–Trinajstić information content (AvgIpc) is 2.65. The molecule has 1 aliphatic heterocycles. The predicted octanol–water partition coefficient (Wildman–Crippen LogP) is 3.41. The van der Waals surface area contributed by atoms with Crippen molar-refractivity contribution in [1.82, 2.24) is 0 Å². The van der Waals surface area contributed by atoms with Gasteiger partial charge in [0.15, 0.2) is 5.46 Å². The molecule has 1 aromatic carbocycles. The van der Waals surface area contributed by atoms with Gasteiger partial charge in [-0.15, -0.1) is 0 Å². The van der Waals surface area contributed by atoms with Crippen LogP contribution in [0.3, 0.4) is 0 Å². The molecule has 1 fully saturated rings. The van der Waals surface area contributed by atoms with E-state index in [-0.39, 0.29) is 0 Å². The standard InChI is InChI=1S/C15H22BClO4/c1-14(2)15(3,4)21-16(20-14)13(17)19-10-11-6-8-12(18-5)9-7-11/h6-9,13H,10H2,1-5H3/t13-/m1/s1. The van der Waals surface area contributed by atoms with Crippen LogP contribution in [0.5, 0.6) is 5.75 Å². The summed E-state index contributed by atoms with van der Waals surface area (Å²) < 4.78 is 22.5. The van der Waals surface area contributed by atoms with E-state index >= 15 is 0 Å². The minimum absolute atomic E-state index is 0.391. The van der Waals surface area contributed by atoms with Crippen LogP contribution < -0.4 is 4.74 Å². The Morgan fingerprint density at radius 1 is 1.10 bits per heavy atom. The first-order chi connectivity index (χ1) is 9.75. The molecule has 1 aromatic rings. The van der Waals surface area contributed by atoms with Crippen LogP contribution in [0.1, 0.15) is 33.3 Å². The van der Waals surface area contributed by atoms with Gasteiger partial charge in [-0.25, -0.2) is 0 Å². The van der Waals surface area contributed by atoms with Crippen LogP contribution in [0.15, 0.2) is 24.3 Å². The van der Waals surface area contributed by atoms with Crippen LogP contribution in [-0.4, -0.2) is 30.9 Å². The van der Waals surface area contributed by atoms with Gasteiger partial charge in [-0.3, -0.25) is 0 Å². The van der Waals surface area contributed by atoms with Gasteiger partial charge in [0.05, 0.1) is 24.9 Å². The molecular weight excluding hydrogens is 290 g/mol. The van der Waals surface area contributed by atoms with E-state index in [9.17, 15) is 0 Å². The monoisotopic (exact) mass is 312 g/mol. The summed E-state index contributed by atoms with van der Waals surface area (Å²) in [5.41, 5.74) is -0.464. The number of halogens is 1. The van der Waals surface area contributed by atoms with Gasteiger partial charge in [-0.2, -0.15) is 0 Å². The Bertz CT molecular complexity index is 459. The Morgan fingerprint density at radius 3 is 2.10 bits per heavy atom. The van der Waals surface area contributed by atoms with Crippen molar-refractivity contribution in [3.8, 4) is 5.75 Å². The van der Waals surface area contributed by atoms with Crippen molar-refractivity contribution in [1.29, 1.82) is 0 Å². The van der Waals surface area contributed by atoms with Crippen molar-refractivity contribution >= 4 is 18.7 Å². The number of hydrogen-bond acceptors (Lipinski definition) is 4. The third-order valence-corrected chi connectivity index (χ3v) is 4.39. The summed E-state index contributed by atoms with van der Waals surface area (Å²) in [6.45, 7) is 8.34. The molecule has 0 saturated carbocycles. The summed E-state index contributed by atoms with van der Waals surface area (Å²) in [7, 11) is 1.06. The quantitative estimate of drug-likeness (QED) is 0.617. The Balaban J connectivity index is 1.89. The van der Waals surface area contributed by atoms with Gasteiger partial charge >= 0.3 is 7.12 Å². The van der Waals surface area contributed by atoms with E-state index in [1.807, 2.05) is 52.0 Å². The fraction of sp³-hybridized carbons (Fsp3) is 0.600. The van der Waals surface area contributed by atoms with E-state index in [2.05, 4.69) is 0 Å². The maximum atomic E-state index is 6.25. The molecule has 1 aliphatic rings. The lowest BCUT2D eigenvalue weighted by Gasteiger charge is -2.32. The number of ether oxygens (including phenoxy) is 2. The minimum Gasteiger partial charge on any atom is -0.497 e. The Hall–Kier alpha value is -0.745. The maximum absolute atomic E-state index is 6.25. The summed E-state index contributed by atoms with van der Waals surface area (Å²) in [6.07, 6.45) is 0. The molecule has 0 N–H and O–H groups in total. The van der Waals surface area contributed by atoms with Crippen LogP contribution in [-0.2, 0) is 20.7 Å². The Labute approximate surface area is 131 Å². The van der Waals surface area contributed by atoms with Crippen molar-refractivity contribution < 1.29 is 18.8 Å². The second kappa shape index (κ2) is 6.17. The SMILES string of the molecule is COc1ccc(CO[C@@H](Cl)B2OC(C)(C)C(C)(C)O2)cc1. The van der Waals surface area contributed by atoms with Crippen molar-refractivity contribution in [2.45, 2.75) is 51.0 Å². The second-order valence-electron chi connectivity index (χ2n) is 6.13. The van der Waals surface area contributed by atoms with Gasteiger partial charge in [0.1, 0.15) is 5.75 Å². The molecule has 1 saturated heterocycles. The van der Waals surface area contributed by atoms with Crippen LogP contribution >= 0.6 is 11.6 Å². The predicted molar refractivity (Wildman–Crippen MR) is 83.5 cm³/mol. The topological polar surface area (TPSA) is 36.9 Å². The molecule has 1 heterocycles. The zero-order valence-corrected chi connectivity index (χ0v) is 13.9.